The van der Waals surface area contributed by atoms with Crippen molar-refractivity contribution in [1.29, 1.82) is 0 Å². The summed E-state index contributed by atoms with van der Waals surface area (Å²) in [4.78, 5) is 13.0. The highest BCUT2D eigenvalue weighted by molar-refractivity contribution is 7.89. The number of aromatic nitrogens is 1. The van der Waals surface area contributed by atoms with Crippen LogP contribution in [0.15, 0.2) is 35.2 Å². The lowest BCUT2D eigenvalue weighted by atomic mass is 10.0. The molecule has 1 aromatic heterocycles. The predicted octanol–water partition coefficient (Wildman–Crippen LogP) is 3.02. The highest BCUT2D eigenvalue weighted by Crippen LogP contribution is 2.28. The van der Waals surface area contributed by atoms with E-state index in [4.69, 9.17) is 4.74 Å². The number of hydrogen-bond donors (Lipinski definition) is 1. The molecular formula is C20H27N3O4S. The van der Waals surface area contributed by atoms with E-state index >= 15 is 0 Å². The van der Waals surface area contributed by atoms with E-state index < -0.39 is 10.0 Å². The predicted molar refractivity (Wildman–Crippen MR) is 108 cm³/mol. The molecule has 1 N–H and O–H groups in total. The zero-order valence-electron chi connectivity index (χ0n) is 16.7. The molecule has 28 heavy (non-hydrogen) atoms. The van der Waals surface area contributed by atoms with Crippen molar-refractivity contribution < 1.29 is 17.9 Å². The summed E-state index contributed by atoms with van der Waals surface area (Å²) in [5.74, 6) is 0.686. The molecular weight excluding hydrogens is 378 g/mol. The first-order valence-corrected chi connectivity index (χ1v) is 10.8. The summed E-state index contributed by atoms with van der Waals surface area (Å²) in [5, 5.41) is 2.80. The van der Waals surface area contributed by atoms with Gasteiger partial charge in [-0.05, 0) is 43.9 Å². The van der Waals surface area contributed by atoms with Crippen LogP contribution in [-0.2, 0) is 17.1 Å². The summed E-state index contributed by atoms with van der Waals surface area (Å²) in [6.07, 6.45) is 1.71. The monoisotopic (exact) mass is 405 g/mol. The molecule has 1 saturated heterocycles. The van der Waals surface area contributed by atoms with Crippen LogP contribution in [0.5, 0.6) is 5.75 Å². The van der Waals surface area contributed by atoms with Gasteiger partial charge in [-0.25, -0.2) is 8.42 Å². The van der Waals surface area contributed by atoms with Crippen LogP contribution in [0.3, 0.4) is 0 Å². The van der Waals surface area contributed by atoms with Crippen molar-refractivity contribution in [3.05, 3.63) is 41.7 Å². The van der Waals surface area contributed by atoms with Gasteiger partial charge in [-0.3, -0.25) is 4.79 Å². The van der Waals surface area contributed by atoms with Crippen molar-refractivity contribution in [1.82, 2.24) is 8.87 Å². The van der Waals surface area contributed by atoms with Crippen LogP contribution in [0.4, 0.5) is 5.69 Å². The molecule has 0 unspecified atom stereocenters. The molecule has 0 saturated carbocycles. The highest BCUT2D eigenvalue weighted by atomic mass is 32.2. The molecule has 0 radical (unpaired) electrons. The van der Waals surface area contributed by atoms with Crippen LogP contribution in [0.2, 0.25) is 0 Å². The third-order valence-corrected chi connectivity index (χ3v) is 7.45. The number of piperidine rings is 1. The number of nitrogens with zero attached hydrogens (tertiary/aromatic N) is 2. The second-order valence-electron chi connectivity index (χ2n) is 7.28. The number of anilines is 1. The van der Waals surface area contributed by atoms with Gasteiger partial charge in [0.1, 0.15) is 16.3 Å². The summed E-state index contributed by atoms with van der Waals surface area (Å²) in [6.45, 7) is 4.89. The van der Waals surface area contributed by atoms with Crippen molar-refractivity contribution in [2.24, 2.45) is 13.0 Å². The molecule has 1 aliphatic heterocycles. The molecule has 8 heteroatoms. The summed E-state index contributed by atoms with van der Waals surface area (Å²) < 4.78 is 34.6. The maximum absolute atomic E-state index is 13.1. The average molecular weight is 406 g/mol. The first-order valence-electron chi connectivity index (χ1n) is 9.36. The Kier molecular flexibility index (Phi) is 5.81. The molecule has 2 aromatic rings. The Hall–Kier alpha value is -2.32. The van der Waals surface area contributed by atoms with E-state index in [9.17, 15) is 13.2 Å². The normalized spacial score (nSPS) is 16.1. The van der Waals surface area contributed by atoms with Crippen molar-refractivity contribution in [3.8, 4) is 5.75 Å². The number of rotatable bonds is 5. The minimum Gasteiger partial charge on any atom is -0.495 e. The molecule has 1 amide bonds. The molecule has 1 aromatic carbocycles. The summed E-state index contributed by atoms with van der Waals surface area (Å²) >= 11 is 0. The minimum atomic E-state index is -3.63. The molecule has 2 heterocycles. The standard InChI is InChI=1S/C20H27N3O4S/c1-14-9-11-23(12-10-14)28(25,26)19-13-17(22(3)15(19)2)20(24)21-16-7-5-6-8-18(16)27-4/h5-8,13-14H,9-12H2,1-4H3,(H,21,24). The number of carbonyl (C=O) groups is 1. The first kappa shape index (κ1) is 20.4. The van der Waals surface area contributed by atoms with Crippen LogP contribution in [0.25, 0.3) is 0 Å². The van der Waals surface area contributed by atoms with E-state index in [2.05, 4.69) is 12.2 Å². The molecule has 152 valence electrons. The minimum absolute atomic E-state index is 0.190. The topological polar surface area (TPSA) is 80.6 Å². The van der Waals surface area contributed by atoms with Gasteiger partial charge < -0.3 is 14.6 Å². The number of amides is 1. The molecule has 1 fully saturated rings. The number of methoxy groups -OCH3 is 1. The van der Waals surface area contributed by atoms with Crippen molar-refractivity contribution in [3.63, 3.8) is 0 Å². The average Bonchev–Trinajstić information content (AvgIpc) is 2.98. The van der Waals surface area contributed by atoms with Crippen LogP contribution in [0, 0.1) is 12.8 Å². The second-order valence-corrected chi connectivity index (χ2v) is 9.19. The van der Waals surface area contributed by atoms with Gasteiger partial charge >= 0.3 is 0 Å². The van der Waals surface area contributed by atoms with Gasteiger partial charge in [-0.2, -0.15) is 4.31 Å². The Morgan fingerprint density at radius 2 is 1.86 bits per heavy atom. The van der Waals surface area contributed by atoms with Gasteiger partial charge in [0.2, 0.25) is 10.0 Å². The fourth-order valence-electron chi connectivity index (χ4n) is 3.45. The molecule has 7 nitrogen and oxygen atoms in total. The lowest BCUT2D eigenvalue weighted by Gasteiger charge is -2.29. The number of para-hydroxylation sites is 2. The Bertz CT molecular complexity index is 973. The van der Waals surface area contributed by atoms with Gasteiger partial charge in [0.05, 0.1) is 12.8 Å². The molecule has 0 bridgehead atoms. The number of sulfonamides is 1. The van der Waals surface area contributed by atoms with E-state index in [1.807, 2.05) is 6.07 Å². The quantitative estimate of drug-likeness (QED) is 0.829. The lowest BCUT2D eigenvalue weighted by molar-refractivity contribution is 0.101. The highest BCUT2D eigenvalue weighted by Gasteiger charge is 2.32. The maximum Gasteiger partial charge on any atom is 0.272 e. The Morgan fingerprint density at radius 3 is 2.50 bits per heavy atom. The fourth-order valence-corrected chi connectivity index (χ4v) is 5.19. The molecule has 3 rings (SSSR count). The van der Waals surface area contributed by atoms with E-state index in [1.165, 1.54) is 17.5 Å². The third kappa shape index (κ3) is 3.79. The number of hydrogen-bond acceptors (Lipinski definition) is 4. The summed E-state index contributed by atoms with van der Waals surface area (Å²) in [6, 6.07) is 8.55. The molecule has 0 aliphatic carbocycles. The Balaban J connectivity index is 1.89. The number of ether oxygens (including phenoxy) is 1. The molecule has 1 aliphatic rings. The van der Waals surface area contributed by atoms with Crippen LogP contribution in [0.1, 0.15) is 35.9 Å². The Morgan fingerprint density at radius 1 is 1.21 bits per heavy atom. The fraction of sp³-hybridized carbons (Fsp3) is 0.450. The van der Waals surface area contributed by atoms with Gasteiger partial charge in [-0.1, -0.05) is 19.1 Å². The largest absolute Gasteiger partial charge is 0.495 e. The number of benzene rings is 1. The van der Waals surface area contributed by atoms with Gasteiger partial charge in [-0.15, -0.1) is 0 Å². The van der Waals surface area contributed by atoms with E-state index in [1.54, 1.807) is 36.7 Å². The van der Waals surface area contributed by atoms with Crippen LogP contribution >= 0.6 is 0 Å². The van der Waals surface area contributed by atoms with Gasteiger partial charge in [0.15, 0.2) is 0 Å². The molecule has 0 atom stereocenters. The van der Waals surface area contributed by atoms with Crippen molar-refractivity contribution >= 4 is 21.6 Å². The zero-order chi connectivity index (χ0) is 20.5. The lowest BCUT2D eigenvalue weighted by Crippen LogP contribution is -2.38. The Labute approximate surface area is 166 Å². The van der Waals surface area contributed by atoms with Gasteiger partial charge in [0.25, 0.3) is 5.91 Å². The van der Waals surface area contributed by atoms with Crippen LogP contribution < -0.4 is 10.1 Å². The maximum atomic E-state index is 13.1. The molecule has 0 spiro atoms. The van der Waals surface area contributed by atoms with Crippen molar-refractivity contribution in [2.45, 2.75) is 31.6 Å². The third-order valence-electron chi connectivity index (χ3n) is 5.44. The van der Waals surface area contributed by atoms with Gasteiger partial charge in [0, 0.05) is 25.8 Å². The number of carbonyl (C=O) groups excluding carboxylic acids is 1. The SMILES string of the molecule is COc1ccccc1NC(=O)c1cc(S(=O)(=O)N2CCC(C)CC2)c(C)n1C. The smallest absolute Gasteiger partial charge is 0.272 e. The van der Waals surface area contributed by atoms with Crippen molar-refractivity contribution in [2.75, 3.05) is 25.5 Å². The first-order chi connectivity index (χ1) is 13.3. The number of nitrogens with one attached hydrogen (secondary N) is 1. The summed E-state index contributed by atoms with van der Waals surface area (Å²) in [5.41, 5.74) is 1.36. The van der Waals surface area contributed by atoms with E-state index in [-0.39, 0.29) is 16.5 Å². The second kappa shape index (κ2) is 7.97. The summed E-state index contributed by atoms with van der Waals surface area (Å²) in [7, 11) is -0.401. The zero-order valence-corrected chi connectivity index (χ0v) is 17.5. The van der Waals surface area contributed by atoms with Crippen LogP contribution in [-0.4, -0.2) is 43.4 Å². The van der Waals surface area contributed by atoms with E-state index in [0.717, 1.165) is 12.8 Å². The van der Waals surface area contributed by atoms with E-state index in [0.29, 0.717) is 36.1 Å².